The number of hydrogen-bond donors (Lipinski definition) is 1. The lowest BCUT2D eigenvalue weighted by Gasteiger charge is -2.02. The van der Waals surface area contributed by atoms with Gasteiger partial charge in [0, 0.05) is 24.9 Å². The van der Waals surface area contributed by atoms with Gasteiger partial charge < -0.3 is 5.11 Å². The van der Waals surface area contributed by atoms with Crippen LogP contribution in [-0.2, 0) is 6.42 Å². The molecule has 2 aromatic rings. The van der Waals surface area contributed by atoms with Gasteiger partial charge in [-0.3, -0.25) is 0 Å². The molecule has 96 valence electrons. The SMILES string of the molecule is OCCCc1cnn(-c2cc(F)c(F)c(F)c2)c1. The first-order chi connectivity index (χ1) is 8.61. The lowest BCUT2D eigenvalue weighted by Crippen LogP contribution is -1.99. The van der Waals surface area contributed by atoms with Gasteiger partial charge in [0.15, 0.2) is 17.5 Å². The van der Waals surface area contributed by atoms with Crippen molar-refractivity contribution in [3.05, 3.63) is 47.5 Å². The average molecular weight is 256 g/mol. The van der Waals surface area contributed by atoms with Crippen LogP contribution in [0.4, 0.5) is 13.2 Å². The van der Waals surface area contributed by atoms with Crippen molar-refractivity contribution in [2.75, 3.05) is 6.61 Å². The first-order valence-corrected chi connectivity index (χ1v) is 5.41. The molecule has 18 heavy (non-hydrogen) atoms. The highest BCUT2D eigenvalue weighted by molar-refractivity contribution is 5.33. The monoisotopic (exact) mass is 256 g/mol. The minimum absolute atomic E-state index is 0.0605. The quantitative estimate of drug-likeness (QED) is 0.852. The molecule has 0 fully saturated rings. The Hall–Kier alpha value is -1.82. The second kappa shape index (κ2) is 5.22. The van der Waals surface area contributed by atoms with Crippen LogP contribution in [0.25, 0.3) is 5.69 Å². The summed E-state index contributed by atoms with van der Waals surface area (Å²) in [6.07, 6.45) is 4.32. The normalized spacial score (nSPS) is 10.9. The molecule has 0 spiro atoms. The molecule has 1 N–H and O–H groups in total. The van der Waals surface area contributed by atoms with E-state index in [4.69, 9.17) is 5.11 Å². The Balaban J connectivity index is 2.28. The Morgan fingerprint density at radius 2 is 1.83 bits per heavy atom. The zero-order chi connectivity index (χ0) is 13.1. The predicted molar refractivity (Wildman–Crippen MR) is 58.8 cm³/mol. The summed E-state index contributed by atoms with van der Waals surface area (Å²) in [5, 5.41) is 12.6. The maximum atomic E-state index is 13.0. The van der Waals surface area contributed by atoms with Gasteiger partial charge in [0.25, 0.3) is 0 Å². The van der Waals surface area contributed by atoms with E-state index in [1.807, 2.05) is 0 Å². The lowest BCUT2D eigenvalue weighted by molar-refractivity contribution is 0.288. The summed E-state index contributed by atoms with van der Waals surface area (Å²) in [6, 6.07) is 1.75. The summed E-state index contributed by atoms with van der Waals surface area (Å²) >= 11 is 0. The summed E-state index contributed by atoms with van der Waals surface area (Å²) in [5.74, 6) is -4.00. The number of halogens is 3. The van der Waals surface area contributed by atoms with Gasteiger partial charge in [-0.15, -0.1) is 0 Å². The minimum Gasteiger partial charge on any atom is -0.396 e. The minimum atomic E-state index is -1.49. The zero-order valence-corrected chi connectivity index (χ0v) is 9.41. The van der Waals surface area contributed by atoms with Crippen molar-refractivity contribution in [1.82, 2.24) is 9.78 Å². The smallest absolute Gasteiger partial charge is 0.194 e. The molecule has 0 saturated heterocycles. The highest BCUT2D eigenvalue weighted by Crippen LogP contribution is 2.17. The van der Waals surface area contributed by atoms with Gasteiger partial charge in [0.05, 0.1) is 11.9 Å². The van der Waals surface area contributed by atoms with E-state index in [1.54, 1.807) is 6.20 Å². The molecule has 0 aliphatic carbocycles. The van der Waals surface area contributed by atoms with E-state index in [0.29, 0.717) is 12.8 Å². The summed E-state index contributed by atoms with van der Waals surface area (Å²) < 4.78 is 40.1. The Labute approximate surface area is 101 Å². The van der Waals surface area contributed by atoms with Crippen molar-refractivity contribution in [3.8, 4) is 5.69 Å². The molecule has 3 nitrogen and oxygen atoms in total. The fourth-order valence-electron chi connectivity index (χ4n) is 1.59. The predicted octanol–water partition coefficient (Wildman–Crippen LogP) is 2.21. The number of rotatable bonds is 4. The molecule has 6 heteroatoms. The third kappa shape index (κ3) is 2.53. The van der Waals surface area contributed by atoms with Gasteiger partial charge in [-0.05, 0) is 18.4 Å². The molecule has 0 amide bonds. The van der Waals surface area contributed by atoms with Crippen molar-refractivity contribution < 1.29 is 18.3 Å². The molecule has 2 rings (SSSR count). The van der Waals surface area contributed by atoms with E-state index in [9.17, 15) is 13.2 Å². The number of hydrogen-bond acceptors (Lipinski definition) is 2. The molecule has 1 aromatic carbocycles. The molecular formula is C12H11F3N2O. The van der Waals surface area contributed by atoms with Crippen molar-refractivity contribution >= 4 is 0 Å². The molecule has 1 heterocycles. The van der Waals surface area contributed by atoms with Gasteiger partial charge in [0.2, 0.25) is 0 Å². The van der Waals surface area contributed by atoms with Crippen LogP contribution in [0.5, 0.6) is 0 Å². The third-order valence-electron chi connectivity index (χ3n) is 2.49. The van der Waals surface area contributed by atoms with Crippen LogP contribution < -0.4 is 0 Å². The summed E-state index contributed by atoms with van der Waals surface area (Å²) in [6.45, 7) is 0.0605. The molecule has 1 aromatic heterocycles. The molecular weight excluding hydrogens is 245 g/mol. The van der Waals surface area contributed by atoms with Gasteiger partial charge in [-0.25, -0.2) is 17.9 Å². The molecule has 0 atom stereocenters. The fraction of sp³-hybridized carbons (Fsp3) is 0.250. The van der Waals surface area contributed by atoms with Crippen LogP contribution in [0.15, 0.2) is 24.5 Å². The molecule has 0 bridgehead atoms. The fourth-order valence-corrected chi connectivity index (χ4v) is 1.59. The third-order valence-corrected chi connectivity index (χ3v) is 2.49. The van der Waals surface area contributed by atoms with Crippen LogP contribution in [-0.4, -0.2) is 21.5 Å². The first kappa shape index (κ1) is 12.6. The Kier molecular flexibility index (Phi) is 3.66. The molecule has 0 saturated carbocycles. The van der Waals surface area contributed by atoms with E-state index < -0.39 is 17.5 Å². The van der Waals surface area contributed by atoms with E-state index in [2.05, 4.69) is 5.10 Å². The number of aromatic nitrogens is 2. The van der Waals surface area contributed by atoms with Gasteiger partial charge in [-0.2, -0.15) is 5.10 Å². The number of aliphatic hydroxyl groups excluding tert-OH is 1. The Bertz CT molecular complexity index is 531. The maximum absolute atomic E-state index is 13.0. The lowest BCUT2D eigenvalue weighted by atomic mass is 10.2. The van der Waals surface area contributed by atoms with Crippen molar-refractivity contribution in [1.29, 1.82) is 0 Å². The van der Waals surface area contributed by atoms with Crippen LogP contribution in [0.3, 0.4) is 0 Å². The van der Waals surface area contributed by atoms with Crippen LogP contribution >= 0.6 is 0 Å². The maximum Gasteiger partial charge on any atom is 0.194 e. The highest BCUT2D eigenvalue weighted by atomic mass is 19.2. The molecule has 0 unspecified atom stereocenters. The van der Waals surface area contributed by atoms with Crippen molar-refractivity contribution in [2.45, 2.75) is 12.8 Å². The van der Waals surface area contributed by atoms with Crippen LogP contribution in [0.1, 0.15) is 12.0 Å². The van der Waals surface area contributed by atoms with E-state index in [1.165, 1.54) is 10.9 Å². The van der Waals surface area contributed by atoms with E-state index >= 15 is 0 Å². The summed E-state index contributed by atoms with van der Waals surface area (Å²) in [7, 11) is 0. The molecule has 0 aliphatic heterocycles. The second-order valence-corrected chi connectivity index (χ2v) is 3.84. The average Bonchev–Trinajstić information content (AvgIpc) is 2.81. The number of nitrogens with zero attached hydrogens (tertiary/aromatic N) is 2. The second-order valence-electron chi connectivity index (χ2n) is 3.84. The van der Waals surface area contributed by atoms with Gasteiger partial charge in [-0.1, -0.05) is 0 Å². The van der Waals surface area contributed by atoms with Crippen molar-refractivity contribution in [3.63, 3.8) is 0 Å². The number of aliphatic hydroxyl groups is 1. The van der Waals surface area contributed by atoms with E-state index in [-0.39, 0.29) is 12.3 Å². The number of benzene rings is 1. The highest BCUT2D eigenvalue weighted by Gasteiger charge is 2.12. The van der Waals surface area contributed by atoms with Crippen LogP contribution in [0.2, 0.25) is 0 Å². The summed E-state index contributed by atoms with van der Waals surface area (Å²) in [5.41, 5.74) is 0.941. The standard InChI is InChI=1S/C12H11F3N2O/c13-10-4-9(5-11(14)12(10)15)17-7-8(6-16-17)2-1-3-18/h4-7,18H,1-3H2. The van der Waals surface area contributed by atoms with Crippen molar-refractivity contribution in [2.24, 2.45) is 0 Å². The zero-order valence-electron chi connectivity index (χ0n) is 9.41. The number of aryl methyl sites for hydroxylation is 1. The topological polar surface area (TPSA) is 38.1 Å². The van der Waals surface area contributed by atoms with Crippen LogP contribution in [0, 0.1) is 17.5 Å². The van der Waals surface area contributed by atoms with Gasteiger partial charge in [0.1, 0.15) is 0 Å². The Morgan fingerprint density at radius 1 is 1.17 bits per heavy atom. The molecule has 0 radical (unpaired) electrons. The van der Waals surface area contributed by atoms with Gasteiger partial charge >= 0.3 is 0 Å². The largest absolute Gasteiger partial charge is 0.396 e. The Morgan fingerprint density at radius 3 is 2.44 bits per heavy atom. The molecule has 0 aliphatic rings. The summed E-state index contributed by atoms with van der Waals surface area (Å²) in [4.78, 5) is 0. The van der Waals surface area contributed by atoms with E-state index in [0.717, 1.165) is 17.7 Å². The first-order valence-electron chi connectivity index (χ1n) is 5.41.